The topological polar surface area (TPSA) is 66.4 Å². The summed E-state index contributed by atoms with van der Waals surface area (Å²) in [7, 11) is -3.42. The van der Waals surface area contributed by atoms with Crippen LogP contribution >= 0.6 is 11.8 Å². The Morgan fingerprint density at radius 1 is 1.10 bits per heavy atom. The molecule has 0 bridgehead atoms. The average Bonchev–Trinajstić information content (AvgIpc) is 2.42. The van der Waals surface area contributed by atoms with Gasteiger partial charge in [-0.3, -0.25) is 0 Å². The van der Waals surface area contributed by atoms with Crippen LogP contribution in [0.1, 0.15) is 6.92 Å². The van der Waals surface area contributed by atoms with Crippen molar-refractivity contribution in [3.8, 4) is 5.75 Å². The van der Waals surface area contributed by atoms with Gasteiger partial charge in [0.05, 0.1) is 9.79 Å². The van der Waals surface area contributed by atoms with Gasteiger partial charge >= 0.3 is 0 Å². The molecule has 106 valence electrons. The summed E-state index contributed by atoms with van der Waals surface area (Å²) in [5.41, 5.74) is 0. The number of phenolic OH excluding ortho intramolecular Hbond substituents is 1. The molecule has 0 aliphatic rings. The number of phenols is 1. The van der Waals surface area contributed by atoms with Gasteiger partial charge in [-0.15, -0.1) is 0 Å². The summed E-state index contributed by atoms with van der Waals surface area (Å²) >= 11 is 1.38. The molecule has 6 heteroatoms. The molecule has 0 saturated heterocycles. The highest BCUT2D eigenvalue weighted by molar-refractivity contribution is 7.99. The SMILES string of the molecule is CCNS(=O)(=O)c1ccc(Sc2ccccc2O)cc1. The van der Waals surface area contributed by atoms with Crippen LogP contribution in [0.3, 0.4) is 0 Å². The van der Waals surface area contributed by atoms with Crippen LogP contribution < -0.4 is 4.72 Å². The first-order chi connectivity index (χ1) is 9.53. The van der Waals surface area contributed by atoms with E-state index in [4.69, 9.17) is 0 Å². The smallest absolute Gasteiger partial charge is 0.240 e. The number of aromatic hydroxyl groups is 1. The largest absolute Gasteiger partial charge is 0.507 e. The first kappa shape index (κ1) is 14.9. The van der Waals surface area contributed by atoms with Crippen LogP contribution in [-0.4, -0.2) is 20.1 Å². The molecule has 0 spiro atoms. The van der Waals surface area contributed by atoms with Gasteiger partial charge in [-0.25, -0.2) is 13.1 Å². The Bertz CT molecular complexity index is 682. The van der Waals surface area contributed by atoms with E-state index in [9.17, 15) is 13.5 Å². The van der Waals surface area contributed by atoms with E-state index in [2.05, 4.69) is 4.72 Å². The Morgan fingerprint density at radius 3 is 2.35 bits per heavy atom. The number of nitrogens with one attached hydrogen (secondary N) is 1. The molecule has 0 aromatic heterocycles. The molecule has 0 aliphatic carbocycles. The van der Waals surface area contributed by atoms with Crippen molar-refractivity contribution >= 4 is 21.8 Å². The fraction of sp³-hybridized carbons (Fsp3) is 0.143. The molecule has 0 heterocycles. The lowest BCUT2D eigenvalue weighted by Gasteiger charge is -2.06. The number of hydrogen-bond donors (Lipinski definition) is 2. The van der Waals surface area contributed by atoms with Crippen LogP contribution in [0.5, 0.6) is 5.75 Å². The fourth-order valence-corrected chi connectivity index (χ4v) is 3.52. The molecule has 0 unspecified atom stereocenters. The van der Waals surface area contributed by atoms with Gasteiger partial charge in [-0.2, -0.15) is 0 Å². The standard InChI is InChI=1S/C14H15NO3S2/c1-2-15-20(17,18)12-9-7-11(8-10-12)19-14-6-4-3-5-13(14)16/h3-10,15-16H,2H2,1H3. The quantitative estimate of drug-likeness (QED) is 0.891. The second-order valence-corrected chi connectivity index (χ2v) is 6.92. The first-order valence-corrected chi connectivity index (χ1v) is 8.38. The Morgan fingerprint density at radius 2 is 1.75 bits per heavy atom. The monoisotopic (exact) mass is 309 g/mol. The van der Waals surface area contributed by atoms with Gasteiger partial charge in [0.1, 0.15) is 5.75 Å². The summed E-state index contributed by atoms with van der Waals surface area (Å²) in [6.45, 7) is 2.09. The zero-order chi connectivity index (χ0) is 14.6. The van der Waals surface area contributed by atoms with Crippen molar-refractivity contribution in [3.05, 3.63) is 48.5 Å². The molecule has 0 fully saturated rings. The molecule has 0 radical (unpaired) electrons. The molecule has 0 saturated carbocycles. The van der Waals surface area contributed by atoms with E-state index in [1.54, 1.807) is 43.3 Å². The number of hydrogen-bond acceptors (Lipinski definition) is 4. The highest BCUT2D eigenvalue weighted by Crippen LogP contribution is 2.34. The van der Waals surface area contributed by atoms with Crippen molar-refractivity contribution in [2.75, 3.05) is 6.54 Å². The molecular weight excluding hydrogens is 294 g/mol. The summed E-state index contributed by atoms with van der Waals surface area (Å²) in [6, 6.07) is 13.6. The summed E-state index contributed by atoms with van der Waals surface area (Å²) in [5.74, 6) is 0.210. The van der Waals surface area contributed by atoms with E-state index in [0.29, 0.717) is 6.54 Å². The van der Waals surface area contributed by atoms with Crippen LogP contribution in [0.25, 0.3) is 0 Å². The van der Waals surface area contributed by atoms with Gasteiger partial charge in [-0.1, -0.05) is 30.8 Å². The minimum Gasteiger partial charge on any atom is -0.507 e. The van der Waals surface area contributed by atoms with E-state index < -0.39 is 10.0 Å². The van der Waals surface area contributed by atoms with Crippen molar-refractivity contribution in [2.24, 2.45) is 0 Å². The second-order valence-electron chi connectivity index (χ2n) is 4.04. The van der Waals surface area contributed by atoms with Crippen molar-refractivity contribution in [1.82, 2.24) is 4.72 Å². The van der Waals surface area contributed by atoms with Crippen molar-refractivity contribution < 1.29 is 13.5 Å². The van der Waals surface area contributed by atoms with Gasteiger partial charge in [0.2, 0.25) is 10.0 Å². The zero-order valence-corrected chi connectivity index (χ0v) is 12.5. The van der Waals surface area contributed by atoms with Gasteiger partial charge < -0.3 is 5.11 Å². The Kier molecular flexibility index (Phi) is 4.69. The Hall–Kier alpha value is -1.50. The number of sulfonamides is 1. The van der Waals surface area contributed by atoms with E-state index in [1.807, 2.05) is 12.1 Å². The maximum atomic E-state index is 11.8. The van der Waals surface area contributed by atoms with E-state index in [1.165, 1.54) is 11.8 Å². The molecule has 0 atom stereocenters. The minimum absolute atomic E-state index is 0.210. The normalized spacial score (nSPS) is 11.4. The summed E-state index contributed by atoms with van der Waals surface area (Å²) in [4.78, 5) is 1.83. The van der Waals surface area contributed by atoms with Crippen LogP contribution in [0.15, 0.2) is 63.2 Å². The molecule has 20 heavy (non-hydrogen) atoms. The maximum absolute atomic E-state index is 11.8. The molecule has 0 aliphatic heterocycles. The number of benzene rings is 2. The Labute approximate surface area is 122 Å². The third-order valence-electron chi connectivity index (χ3n) is 2.56. The first-order valence-electron chi connectivity index (χ1n) is 6.08. The molecular formula is C14H15NO3S2. The molecule has 4 nitrogen and oxygen atoms in total. The minimum atomic E-state index is -3.42. The van der Waals surface area contributed by atoms with Crippen molar-refractivity contribution in [3.63, 3.8) is 0 Å². The summed E-state index contributed by atoms with van der Waals surface area (Å²) < 4.78 is 26.0. The fourth-order valence-electron chi connectivity index (χ4n) is 1.63. The highest BCUT2D eigenvalue weighted by atomic mass is 32.2. The van der Waals surface area contributed by atoms with Gasteiger partial charge in [-0.05, 0) is 36.4 Å². The Balaban J connectivity index is 2.19. The third-order valence-corrected chi connectivity index (χ3v) is 5.20. The van der Waals surface area contributed by atoms with E-state index in [0.717, 1.165) is 9.79 Å². The van der Waals surface area contributed by atoms with Crippen molar-refractivity contribution in [1.29, 1.82) is 0 Å². The van der Waals surface area contributed by atoms with E-state index in [-0.39, 0.29) is 10.6 Å². The second kappa shape index (κ2) is 6.30. The molecule has 2 rings (SSSR count). The van der Waals surface area contributed by atoms with Crippen LogP contribution in [0.4, 0.5) is 0 Å². The van der Waals surface area contributed by atoms with Crippen LogP contribution in [-0.2, 0) is 10.0 Å². The maximum Gasteiger partial charge on any atom is 0.240 e. The van der Waals surface area contributed by atoms with E-state index >= 15 is 0 Å². The van der Waals surface area contributed by atoms with Crippen molar-refractivity contribution in [2.45, 2.75) is 21.6 Å². The molecule has 2 aromatic rings. The molecule has 2 N–H and O–H groups in total. The van der Waals surface area contributed by atoms with Crippen LogP contribution in [0, 0.1) is 0 Å². The zero-order valence-electron chi connectivity index (χ0n) is 10.9. The summed E-state index contributed by atoms with van der Waals surface area (Å²) in [6.07, 6.45) is 0. The van der Waals surface area contributed by atoms with Crippen LogP contribution in [0.2, 0.25) is 0 Å². The van der Waals surface area contributed by atoms with Gasteiger partial charge in [0, 0.05) is 11.4 Å². The number of rotatable bonds is 5. The molecule has 2 aromatic carbocycles. The number of para-hydroxylation sites is 1. The lowest BCUT2D eigenvalue weighted by Crippen LogP contribution is -2.22. The lowest BCUT2D eigenvalue weighted by molar-refractivity contribution is 0.462. The lowest BCUT2D eigenvalue weighted by atomic mass is 10.3. The summed E-state index contributed by atoms with van der Waals surface area (Å²) in [5, 5.41) is 9.70. The van der Waals surface area contributed by atoms with Gasteiger partial charge in [0.15, 0.2) is 0 Å². The average molecular weight is 309 g/mol. The van der Waals surface area contributed by atoms with Gasteiger partial charge in [0.25, 0.3) is 0 Å². The molecule has 0 amide bonds. The highest BCUT2D eigenvalue weighted by Gasteiger charge is 2.12. The predicted octanol–water partition coefficient (Wildman–Crippen LogP) is 2.84. The third kappa shape index (κ3) is 3.53. The predicted molar refractivity (Wildman–Crippen MR) is 79.5 cm³/mol.